The van der Waals surface area contributed by atoms with Crippen LogP contribution in [0.5, 0.6) is 0 Å². The van der Waals surface area contributed by atoms with Gasteiger partial charge in [0.25, 0.3) is 0 Å². The molecule has 0 amide bonds. The molecule has 9 unspecified atom stereocenters. The van der Waals surface area contributed by atoms with Gasteiger partial charge >= 0.3 is 0 Å². The van der Waals surface area contributed by atoms with Crippen LogP contribution in [-0.4, -0.2) is 41.4 Å². The molecule has 2 bridgehead atoms. The van der Waals surface area contributed by atoms with Gasteiger partial charge in [0.05, 0.1) is 30.0 Å². The molecule has 0 aromatic heterocycles. The maximum absolute atomic E-state index is 10.3. The Bertz CT molecular complexity index is 409. The quantitative estimate of drug-likeness (QED) is 0.841. The predicted octanol–water partition coefficient (Wildman–Crippen LogP) is 1.95. The van der Waals surface area contributed by atoms with E-state index in [1.54, 1.807) is 0 Å². The summed E-state index contributed by atoms with van der Waals surface area (Å²) in [7, 11) is 0. The topological polar surface area (TPSA) is 47.9 Å². The van der Waals surface area contributed by atoms with Crippen molar-refractivity contribution in [3.8, 4) is 0 Å². The van der Waals surface area contributed by atoms with E-state index in [1.165, 1.54) is 0 Å². The summed E-state index contributed by atoms with van der Waals surface area (Å²) in [5.41, 5.74) is -0.295. The van der Waals surface area contributed by atoms with Crippen LogP contribution in [0.1, 0.15) is 40.5 Å². The minimum Gasteiger partial charge on any atom is -0.374 e. The lowest BCUT2D eigenvalue weighted by Crippen LogP contribution is -2.47. The van der Waals surface area contributed by atoms with Crippen molar-refractivity contribution < 1.29 is 19.3 Å². The van der Waals surface area contributed by atoms with E-state index in [4.69, 9.17) is 14.2 Å². The van der Waals surface area contributed by atoms with Crippen molar-refractivity contribution in [2.75, 3.05) is 0 Å². The van der Waals surface area contributed by atoms with Gasteiger partial charge in [-0.15, -0.1) is 0 Å². The minimum absolute atomic E-state index is 0.119. The van der Waals surface area contributed by atoms with Gasteiger partial charge in [-0.25, -0.2) is 0 Å². The second kappa shape index (κ2) is 4.19. The average molecular weight is 282 g/mol. The van der Waals surface area contributed by atoms with Gasteiger partial charge in [-0.05, 0) is 26.7 Å². The van der Waals surface area contributed by atoms with Crippen molar-refractivity contribution in [2.24, 2.45) is 23.7 Å². The molecule has 114 valence electrons. The third-order valence-electron chi connectivity index (χ3n) is 6.23. The second-order valence-electron chi connectivity index (χ2n) is 7.46. The maximum Gasteiger partial charge on any atom is 0.161 e. The summed E-state index contributed by atoms with van der Waals surface area (Å²) >= 11 is 0. The van der Waals surface area contributed by atoms with Crippen LogP contribution in [0.2, 0.25) is 0 Å². The molecule has 4 fully saturated rings. The smallest absolute Gasteiger partial charge is 0.161 e. The van der Waals surface area contributed by atoms with Gasteiger partial charge in [-0.3, -0.25) is 0 Å². The standard InChI is InChI=1S/C16H26O4/c1-5-7-9-10(8(6-2)18-7)14-12-11(13(9)19-14)15(17)20-16(12,3)4/h7-15,17H,5-6H2,1-4H3. The number of ether oxygens (including phenoxy) is 3. The lowest BCUT2D eigenvalue weighted by Gasteiger charge is -2.36. The summed E-state index contributed by atoms with van der Waals surface area (Å²) in [4.78, 5) is 0. The zero-order valence-electron chi connectivity index (χ0n) is 12.8. The van der Waals surface area contributed by atoms with Crippen molar-refractivity contribution in [1.29, 1.82) is 0 Å². The van der Waals surface area contributed by atoms with Crippen LogP contribution in [0.15, 0.2) is 0 Å². The molecule has 0 saturated carbocycles. The summed E-state index contributed by atoms with van der Waals surface area (Å²) in [5, 5.41) is 10.3. The van der Waals surface area contributed by atoms with Crippen LogP contribution < -0.4 is 0 Å². The van der Waals surface area contributed by atoms with Gasteiger partial charge in [-0.1, -0.05) is 13.8 Å². The summed E-state index contributed by atoms with van der Waals surface area (Å²) in [6.07, 6.45) is 2.32. The van der Waals surface area contributed by atoms with Crippen LogP contribution >= 0.6 is 0 Å². The molecule has 0 spiro atoms. The van der Waals surface area contributed by atoms with Gasteiger partial charge in [0, 0.05) is 23.7 Å². The molecule has 20 heavy (non-hydrogen) atoms. The van der Waals surface area contributed by atoms with Crippen LogP contribution in [0.25, 0.3) is 0 Å². The highest BCUT2D eigenvalue weighted by molar-refractivity contribution is 5.17. The van der Waals surface area contributed by atoms with Gasteiger partial charge < -0.3 is 19.3 Å². The van der Waals surface area contributed by atoms with Crippen LogP contribution in [0, 0.1) is 23.7 Å². The van der Waals surface area contributed by atoms with Crippen molar-refractivity contribution in [3.05, 3.63) is 0 Å². The van der Waals surface area contributed by atoms with E-state index in [1.807, 2.05) is 0 Å². The second-order valence-corrected chi connectivity index (χ2v) is 7.46. The highest BCUT2D eigenvalue weighted by Gasteiger charge is 2.72. The third-order valence-corrected chi connectivity index (χ3v) is 6.23. The predicted molar refractivity (Wildman–Crippen MR) is 73.0 cm³/mol. The Morgan fingerprint density at radius 2 is 1.50 bits per heavy atom. The lowest BCUT2D eigenvalue weighted by molar-refractivity contribution is -0.165. The number of hydrogen-bond acceptors (Lipinski definition) is 4. The molecule has 1 N–H and O–H groups in total. The molecular formula is C16H26O4. The number of hydrogen-bond donors (Lipinski definition) is 1. The molecule has 4 nitrogen and oxygen atoms in total. The fourth-order valence-corrected chi connectivity index (χ4v) is 5.62. The third kappa shape index (κ3) is 1.46. The van der Waals surface area contributed by atoms with Crippen LogP contribution in [0.4, 0.5) is 0 Å². The molecule has 0 radical (unpaired) electrons. The Morgan fingerprint density at radius 1 is 0.900 bits per heavy atom. The molecule has 4 aliphatic heterocycles. The summed E-state index contributed by atoms with van der Waals surface area (Å²) < 4.78 is 18.5. The van der Waals surface area contributed by atoms with Crippen molar-refractivity contribution >= 4 is 0 Å². The van der Waals surface area contributed by atoms with E-state index >= 15 is 0 Å². The average Bonchev–Trinajstić information content (AvgIpc) is 3.08. The Labute approximate surface area is 120 Å². The molecule has 4 saturated heterocycles. The van der Waals surface area contributed by atoms with Gasteiger partial charge in [0.1, 0.15) is 0 Å². The Balaban J connectivity index is 1.71. The number of aliphatic hydroxyl groups excluding tert-OH is 1. The number of aliphatic hydroxyl groups is 1. The normalized spacial score (nSPS) is 59.0. The molecule has 4 heteroatoms. The largest absolute Gasteiger partial charge is 0.374 e. The monoisotopic (exact) mass is 282 g/mol. The van der Waals surface area contributed by atoms with Crippen molar-refractivity contribution in [3.63, 3.8) is 0 Å². The first kappa shape index (κ1) is 13.5. The Kier molecular flexibility index (Phi) is 2.83. The molecule has 4 rings (SSSR count). The number of fused-ring (bicyclic) bond motifs is 8. The molecule has 4 aliphatic rings. The zero-order chi connectivity index (χ0) is 14.2. The molecular weight excluding hydrogens is 256 g/mol. The molecule has 0 aliphatic carbocycles. The van der Waals surface area contributed by atoms with E-state index in [2.05, 4.69) is 27.7 Å². The molecule has 0 aromatic carbocycles. The van der Waals surface area contributed by atoms with E-state index in [0.717, 1.165) is 12.8 Å². The van der Waals surface area contributed by atoms with Crippen LogP contribution in [0.3, 0.4) is 0 Å². The molecule has 9 atom stereocenters. The molecule has 4 heterocycles. The maximum atomic E-state index is 10.3. The number of rotatable bonds is 2. The van der Waals surface area contributed by atoms with Gasteiger partial charge in [0.2, 0.25) is 0 Å². The minimum atomic E-state index is -0.677. The fraction of sp³-hybridized carbons (Fsp3) is 1.00. The SMILES string of the molecule is CCC1OC(CC)C2C3OC(C12)C1C(O)OC(C)(C)C31. The highest BCUT2D eigenvalue weighted by Crippen LogP contribution is 2.63. The highest BCUT2D eigenvalue weighted by atomic mass is 16.6. The van der Waals surface area contributed by atoms with E-state index in [9.17, 15) is 5.11 Å². The first-order chi connectivity index (χ1) is 9.49. The van der Waals surface area contributed by atoms with E-state index in [0.29, 0.717) is 23.9 Å². The van der Waals surface area contributed by atoms with E-state index < -0.39 is 6.29 Å². The molecule has 0 aromatic rings. The fourth-order valence-electron chi connectivity index (χ4n) is 5.62. The summed E-state index contributed by atoms with van der Waals surface area (Å²) in [5.74, 6) is 1.37. The van der Waals surface area contributed by atoms with E-state index in [-0.39, 0.29) is 29.8 Å². The Morgan fingerprint density at radius 3 is 2.10 bits per heavy atom. The summed E-state index contributed by atoms with van der Waals surface area (Å²) in [6.45, 7) is 8.57. The lowest BCUT2D eigenvalue weighted by atomic mass is 9.63. The summed E-state index contributed by atoms with van der Waals surface area (Å²) in [6, 6.07) is 0. The van der Waals surface area contributed by atoms with Crippen LogP contribution in [-0.2, 0) is 14.2 Å². The van der Waals surface area contributed by atoms with Gasteiger partial charge in [0.15, 0.2) is 6.29 Å². The first-order valence-corrected chi connectivity index (χ1v) is 8.16. The van der Waals surface area contributed by atoms with Crippen molar-refractivity contribution in [2.45, 2.75) is 76.8 Å². The van der Waals surface area contributed by atoms with Crippen molar-refractivity contribution in [1.82, 2.24) is 0 Å². The van der Waals surface area contributed by atoms with Gasteiger partial charge in [-0.2, -0.15) is 0 Å². The Hall–Kier alpha value is -0.160. The first-order valence-electron chi connectivity index (χ1n) is 8.16. The zero-order valence-corrected chi connectivity index (χ0v) is 12.8.